The number of halogens is 1. The molecule has 0 bridgehead atoms. The van der Waals surface area contributed by atoms with Gasteiger partial charge in [-0.05, 0) is 0 Å². The Balaban J connectivity index is 5.54. The molecule has 97 valence electrons. The van der Waals surface area contributed by atoms with Gasteiger partial charge in [-0.2, -0.15) is 0 Å². The molecule has 0 saturated heterocycles. The Morgan fingerprint density at radius 3 is 0.714 bits per heavy atom. The first-order valence-corrected chi connectivity index (χ1v) is 24.6. The fourth-order valence-electron chi connectivity index (χ4n) is 2.25. The standard InChI is InChI=1S/3C3H9P.ClH.Rh/c3*1-4(2)3;;/h3*1-3H3;1H;/q;;;;-2/p+2. The van der Waals surface area contributed by atoms with Crippen LogP contribution in [0.1, 0.15) is 0 Å². The maximum absolute atomic E-state index is 7.31. The topological polar surface area (TPSA) is 0 Å². The fraction of sp³-hybridized carbons (Fsp3) is 1.00. The Labute approximate surface area is 98.4 Å². The molecule has 0 aliphatic carbocycles. The molecule has 14 heavy (non-hydrogen) atoms. The molecule has 0 aromatic heterocycles. The van der Waals surface area contributed by atoms with Gasteiger partial charge in [0.15, 0.2) is 0 Å². The van der Waals surface area contributed by atoms with E-state index in [1.165, 1.54) is 0 Å². The monoisotopic (exact) mass is 369 g/mol. The van der Waals surface area contributed by atoms with Crippen LogP contribution in [-0.4, -0.2) is 60.0 Å². The third-order valence-electron chi connectivity index (χ3n) is 2.07. The van der Waals surface area contributed by atoms with Gasteiger partial charge < -0.3 is 0 Å². The van der Waals surface area contributed by atoms with Gasteiger partial charge in [0, 0.05) is 0 Å². The van der Waals surface area contributed by atoms with Crippen molar-refractivity contribution in [1.82, 2.24) is 0 Å². The first kappa shape index (κ1) is 16.2. The summed E-state index contributed by atoms with van der Waals surface area (Å²) in [5, 5.41) is 0. The average molecular weight is 370 g/mol. The Bertz CT molecular complexity index is 174. The van der Waals surface area contributed by atoms with Gasteiger partial charge in [0.05, 0.1) is 0 Å². The summed E-state index contributed by atoms with van der Waals surface area (Å²) in [6.07, 6.45) is 0. The molecule has 0 radical (unpaired) electrons. The van der Waals surface area contributed by atoms with E-state index in [1.807, 2.05) is 0 Å². The second-order valence-electron chi connectivity index (χ2n) is 6.44. The van der Waals surface area contributed by atoms with Crippen LogP contribution in [0, 0.1) is 0 Å². The minimum atomic E-state index is -1.72. The van der Waals surface area contributed by atoms with Crippen LogP contribution in [-0.2, 0) is 12.3 Å². The van der Waals surface area contributed by atoms with Crippen molar-refractivity contribution in [3.63, 3.8) is 0 Å². The zero-order valence-electron chi connectivity index (χ0n) is 11.2. The molecule has 0 unspecified atom stereocenters. The van der Waals surface area contributed by atoms with Crippen molar-refractivity contribution in [2.75, 3.05) is 60.0 Å². The van der Waals surface area contributed by atoms with Gasteiger partial charge in [-0.25, -0.2) is 0 Å². The number of hydrogen-bond donors (Lipinski definition) is 0. The van der Waals surface area contributed by atoms with E-state index in [-0.39, 0.29) is 0 Å². The Kier molecular flexibility index (Phi) is 5.17. The maximum atomic E-state index is 7.31. The predicted octanol–water partition coefficient (Wildman–Crippen LogP) is 3.96. The van der Waals surface area contributed by atoms with Crippen LogP contribution in [0.4, 0.5) is 0 Å². The average Bonchev–Trinajstić information content (AvgIpc) is 1.77. The fourth-order valence-corrected chi connectivity index (χ4v) is 120. The molecule has 0 fully saturated rings. The summed E-state index contributed by atoms with van der Waals surface area (Å²) in [4.78, 5) is 0. The van der Waals surface area contributed by atoms with E-state index in [1.54, 1.807) is 0 Å². The van der Waals surface area contributed by atoms with Gasteiger partial charge in [0.25, 0.3) is 0 Å². The molecule has 0 N–H and O–H groups in total. The van der Waals surface area contributed by atoms with Crippen LogP contribution >= 0.6 is 26.5 Å². The summed E-state index contributed by atoms with van der Waals surface area (Å²) < 4.78 is 0. The van der Waals surface area contributed by atoms with E-state index in [4.69, 9.17) is 9.69 Å². The van der Waals surface area contributed by atoms with E-state index in [2.05, 4.69) is 60.0 Å². The summed E-state index contributed by atoms with van der Waals surface area (Å²) in [7, 11) is 7.31. The molecule has 0 aliphatic rings. The van der Waals surface area contributed by atoms with Crippen LogP contribution in [0.2, 0.25) is 0 Å². The number of rotatable bonds is 3. The zero-order valence-corrected chi connectivity index (χ0v) is 16.6. The van der Waals surface area contributed by atoms with Crippen molar-refractivity contribution in [2.24, 2.45) is 0 Å². The molecular weight excluding hydrogens is 339 g/mol. The second-order valence-corrected chi connectivity index (χ2v) is 63.5. The van der Waals surface area contributed by atoms with E-state index >= 15 is 0 Å². The molecule has 5 heteroatoms. The summed E-state index contributed by atoms with van der Waals surface area (Å²) in [5.41, 5.74) is -3.40. The van der Waals surface area contributed by atoms with Gasteiger partial charge in [0.1, 0.15) is 0 Å². The predicted molar refractivity (Wildman–Crippen MR) is 84.1 cm³/mol. The van der Waals surface area contributed by atoms with Gasteiger partial charge in [-0.3, -0.25) is 0 Å². The second kappa shape index (κ2) is 4.47. The number of hydrogen-bond acceptors (Lipinski definition) is 0. The van der Waals surface area contributed by atoms with Crippen LogP contribution < -0.4 is 0 Å². The molecule has 0 aromatic rings. The van der Waals surface area contributed by atoms with Crippen LogP contribution in [0.3, 0.4) is 0 Å². The molecule has 0 aromatic carbocycles. The Morgan fingerprint density at radius 1 is 0.571 bits per heavy atom. The normalized spacial score (nSPS) is 25.0. The van der Waals surface area contributed by atoms with E-state index in [0.717, 1.165) is 0 Å². The molecule has 0 saturated carbocycles. The van der Waals surface area contributed by atoms with E-state index in [9.17, 15) is 0 Å². The third-order valence-corrected chi connectivity index (χ3v) is 110. The SMILES string of the molecule is C[PH](C)(C)[Rh]([Cl])([PH](C)(C)C)[PH](C)(C)C. The van der Waals surface area contributed by atoms with Crippen molar-refractivity contribution >= 4 is 26.5 Å². The third kappa shape index (κ3) is 2.90. The quantitative estimate of drug-likeness (QED) is 0.522. The van der Waals surface area contributed by atoms with Crippen molar-refractivity contribution < 1.29 is 12.3 Å². The van der Waals surface area contributed by atoms with Crippen LogP contribution in [0.25, 0.3) is 0 Å². The van der Waals surface area contributed by atoms with E-state index < -0.39 is 29.1 Å². The Morgan fingerprint density at radius 2 is 0.714 bits per heavy atom. The summed E-state index contributed by atoms with van der Waals surface area (Å²) in [6, 6.07) is 0. The molecule has 0 amide bonds. The van der Waals surface area contributed by atoms with Gasteiger partial charge in [0.2, 0.25) is 0 Å². The molecule has 0 atom stereocenters. The van der Waals surface area contributed by atoms with Crippen molar-refractivity contribution in [2.45, 2.75) is 0 Å². The molecule has 0 nitrogen and oxygen atoms in total. The molecule has 0 heterocycles. The van der Waals surface area contributed by atoms with Gasteiger partial charge in [-0.1, -0.05) is 0 Å². The van der Waals surface area contributed by atoms with Crippen molar-refractivity contribution in [1.29, 1.82) is 0 Å². The van der Waals surface area contributed by atoms with Crippen LogP contribution in [0.15, 0.2) is 0 Å². The molecule has 0 aliphatic heterocycles. The summed E-state index contributed by atoms with van der Waals surface area (Å²) in [5.74, 6) is 0. The van der Waals surface area contributed by atoms with Crippen LogP contribution in [0.5, 0.6) is 0 Å². The van der Waals surface area contributed by atoms with Crippen molar-refractivity contribution in [3.05, 3.63) is 0 Å². The minimum absolute atomic E-state index is 1.13. The zero-order chi connectivity index (χ0) is 12.0. The molecule has 0 spiro atoms. The van der Waals surface area contributed by atoms with E-state index in [0.29, 0.717) is 0 Å². The summed E-state index contributed by atoms with van der Waals surface area (Å²) in [6.45, 7) is 22.6. The van der Waals surface area contributed by atoms with Crippen molar-refractivity contribution in [3.8, 4) is 0 Å². The Hall–Kier alpha value is 2.20. The first-order chi connectivity index (χ1) is 5.75. The van der Waals surface area contributed by atoms with Gasteiger partial charge in [-0.15, -0.1) is 0 Å². The molecular formula is C9H30ClP3Rh. The summed E-state index contributed by atoms with van der Waals surface area (Å²) >= 11 is -1.72. The van der Waals surface area contributed by atoms with Gasteiger partial charge >= 0.3 is 98.8 Å². The first-order valence-electron chi connectivity index (χ1n) is 5.13. The molecule has 0 rings (SSSR count).